The normalized spacial score (nSPS) is 12.6. The zero-order valence-corrected chi connectivity index (χ0v) is 17.3. The highest BCUT2D eigenvalue weighted by molar-refractivity contribution is 6.03. The molecule has 0 spiro atoms. The van der Waals surface area contributed by atoms with Crippen molar-refractivity contribution < 1.29 is 19.1 Å². The second kappa shape index (κ2) is 10.4. The Morgan fingerprint density at radius 3 is 1.30 bits per heavy atom. The first-order chi connectivity index (χ1) is 14.5. The molecule has 0 aromatic heterocycles. The van der Waals surface area contributed by atoms with E-state index in [1.54, 1.807) is 24.3 Å². The van der Waals surface area contributed by atoms with Gasteiger partial charge in [-0.05, 0) is 37.1 Å². The molecule has 0 saturated heterocycles. The Kier molecular flexibility index (Phi) is 7.39. The van der Waals surface area contributed by atoms with Crippen molar-refractivity contribution in [2.75, 3.05) is 0 Å². The molecule has 0 aliphatic carbocycles. The number of hydrogen-bond donors (Lipinski definition) is 0. The molecule has 0 saturated carbocycles. The third-order valence-corrected chi connectivity index (χ3v) is 4.72. The van der Waals surface area contributed by atoms with Gasteiger partial charge in [0.15, 0.2) is 0 Å². The monoisotopic (exact) mass is 402 g/mol. The van der Waals surface area contributed by atoms with Crippen molar-refractivity contribution in [3.05, 3.63) is 107 Å². The molecule has 4 heteroatoms. The van der Waals surface area contributed by atoms with E-state index in [4.69, 9.17) is 9.47 Å². The lowest BCUT2D eigenvalue weighted by Gasteiger charge is -2.17. The molecule has 0 aliphatic rings. The smallest absolute Gasteiger partial charge is 0.339 e. The summed E-state index contributed by atoms with van der Waals surface area (Å²) in [5, 5.41) is 0. The Labute approximate surface area is 177 Å². The molecule has 0 radical (unpaired) electrons. The number of esters is 2. The number of benzene rings is 3. The lowest BCUT2D eigenvalue weighted by Crippen LogP contribution is -2.22. The van der Waals surface area contributed by atoms with Gasteiger partial charge in [0.25, 0.3) is 0 Å². The summed E-state index contributed by atoms with van der Waals surface area (Å²) >= 11 is 0. The van der Waals surface area contributed by atoms with Crippen molar-refractivity contribution in [2.24, 2.45) is 0 Å². The van der Waals surface area contributed by atoms with Gasteiger partial charge >= 0.3 is 11.9 Å². The van der Waals surface area contributed by atoms with Crippen LogP contribution in [-0.4, -0.2) is 24.1 Å². The standard InChI is InChI=1S/C26H26O4/c1-19(17-21-11-5-3-6-12-21)29-25(27)23-15-9-10-16-24(23)26(28)30-20(2)18-22-13-7-4-8-14-22/h3-16,19-20H,17-18H2,1-2H3. The molecular weight excluding hydrogens is 376 g/mol. The Morgan fingerprint density at radius 1 is 0.600 bits per heavy atom. The Bertz CT molecular complexity index is 886. The molecule has 2 unspecified atom stereocenters. The van der Waals surface area contributed by atoms with E-state index in [2.05, 4.69) is 0 Å². The quantitative estimate of drug-likeness (QED) is 0.482. The van der Waals surface area contributed by atoms with Gasteiger partial charge < -0.3 is 9.47 Å². The lowest BCUT2D eigenvalue weighted by molar-refractivity contribution is 0.0293. The summed E-state index contributed by atoms with van der Waals surface area (Å²) in [4.78, 5) is 25.4. The predicted octanol–water partition coefficient (Wildman–Crippen LogP) is 5.26. The molecular formula is C26H26O4. The second-order valence-corrected chi connectivity index (χ2v) is 7.36. The summed E-state index contributed by atoms with van der Waals surface area (Å²) in [7, 11) is 0. The summed E-state index contributed by atoms with van der Waals surface area (Å²) in [6.07, 6.45) is 0.572. The van der Waals surface area contributed by atoms with Crippen LogP contribution < -0.4 is 0 Å². The molecule has 0 amide bonds. The van der Waals surface area contributed by atoms with Crippen molar-refractivity contribution in [3.8, 4) is 0 Å². The Morgan fingerprint density at radius 2 is 0.933 bits per heavy atom. The van der Waals surface area contributed by atoms with E-state index in [9.17, 15) is 9.59 Å². The molecule has 0 bridgehead atoms. The summed E-state index contributed by atoms with van der Waals surface area (Å²) in [5.41, 5.74) is 2.60. The van der Waals surface area contributed by atoms with Crippen molar-refractivity contribution in [1.29, 1.82) is 0 Å². The molecule has 0 heterocycles. The first-order valence-electron chi connectivity index (χ1n) is 10.1. The minimum Gasteiger partial charge on any atom is -0.459 e. The number of carbonyl (C=O) groups excluding carboxylic acids is 2. The molecule has 0 fully saturated rings. The highest BCUT2D eigenvalue weighted by atomic mass is 16.5. The molecule has 3 aromatic carbocycles. The first-order valence-corrected chi connectivity index (χ1v) is 10.1. The summed E-state index contributed by atoms with van der Waals surface area (Å²) in [6.45, 7) is 3.68. The van der Waals surface area contributed by atoms with Gasteiger partial charge in [0, 0.05) is 12.8 Å². The highest BCUT2D eigenvalue weighted by Gasteiger charge is 2.22. The fourth-order valence-corrected chi connectivity index (χ4v) is 3.31. The predicted molar refractivity (Wildman–Crippen MR) is 116 cm³/mol. The first kappa shape index (κ1) is 21.3. The number of ether oxygens (including phenoxy) is 2. The van der Waals surface area contributed by atoms with E-state index in [0.717, 1.165) is 11.1 Å². The zero-order chi connectivity index (χ0) is 21.3. The molecule has 154 valence electrons. The third-order valence-electron chi connectivity index (χ3n) is 4.72. The van der Waals surface area contributed by atoms with Gasteiger partial charge in [0.2, 0.25) is 0 Å². The van der Waals surface area contributed by atoms with Crippen molar-refractivity contribution >= 4 is 11.9 Å². The van der Waals surface area contributed by atoms with E-state index in [0.29, 0.717) is 12.8 Å². The van der Waals surface area contributed by atoms with Gasteiger partial charge in [-0.2, -0.15) is 0 Å². The molecule has 0 N–H and O–H groups in total. The summed E-state index contributed by atoms with van der Waals surface area (Å²) in [5.74, 6) is -1.05. The fourth-order valence-electron chi connectivity index (χ4n) is 3.31. The topological polar surface area (TPSA) is 52.6 Å². The molecule has 3 rings (SSSR count). The van der Waals surface area contributed by atoms with E-state index in [-0.39, 0.29) is 23.3 Å². The maximum Gasteiger partial charge on any atom is 0.339 e. The van der Waals surface area contributed by atoms with Gasteiger partial charge in [0.05, 0.1) is 11.1 Å². The van der Waals surface area contributed by atoms with E-state index < -0.39 is 11.9 Å². The van der Waals surface area contributed by atoms with Gasteiger partial charge in [-0.3, -0.25) is 0 Å². The zero-order valence-electron chi connectivity index (χ0n) is 17.3. The van der Waals surface area contributed by atoms with Crippen LogP contribution in [0, 0.1) is 0 Å². The van der Waals surface area contributed by atoms with Gasteiger partial charge in [-0.1, -0.05) is 72.8 Å². The molecule has 0 aliphatic heterocycles. The summed E-state index contributed by atoms with van der Waals surface area (Å²) < 4.78 is 11.2. The molecule has 2 atom stereocenters. The van der Waals surface area contributed by atoms with Gasteiger partial charge in [0.1, 0.15) is 12.2 Å². The third kappa shape index (κ3) is 6.05. The Hall–Kier alpha value is -3.40. The Balaban J connectivity index is 1.64. The maximum absolute atomic E-state index is 12.7. The number of carbonyl (C=O) groups is 2. The van der Waals surface area contributed by atoms with Crippen LogP contribution in [0.4, 0.5) is 0 Å². The van der Waals surface area contributed by atoms with E-state index in [1.807, 2.05) is 74.5 Å². The SMILES string of the molecule is CC(Cc1ccccc1)OC(=O)c1ccccc1C(=O)OC(C)Cc1ccccc1. The van der Waals surface area contributed by atoms with Crippen molar-refractivity contribution in [3.63, 3.8) is 0 Å². The minimum absolute atomic E-state index is 0.217. The maximum atomic E-state index is 12.7. The second-order valence-electron chi connectivity index (χ2n) is 7.36. The van der Waals surface area contributed by atoms with E-state index >= 15 is 0 Å². The average Bonchev–Trinajstić information content (AvgIpc) is 2.75. The van der Waals surface area contributed by atoms with Gasteiger partial charge in [-0.15, -0.1) is 0 Å². The van der Waals surface area contributed by atoms with Crippen LogP contribution in [0.15, 0.2) is 84.9 Å². The van der Waals surface area contributed by atoms with E-state index in [1.165, 1.54) is 0 Å². The highest BCUT2D eigenvalue weighted by Crippen LogP contribution is 2.16. The van der Waals surface area contributed by atoms with Crippen LogP contribution in [0.5, 0.6) is 0 Å². The molecule has 3 aromatic rings. The van der Waals surface area contributed by atoms with Crippen LogP contribution in [0.25, 0.3) is 0 Å². The van der Waals surface area contributed by atoms with Crippen LogP contribution >= 0.6 is 0 Å². The van der Waals surface area contributed by atoms with Crippen molar-refractivity contribution in [1.82, 2.24) is 0 Å². The van der Waals surface area contributed by atoms with Crippen LogP contribution in [0.1, 0.15) is 45.7 Å². The van der Waals surface area contributed by atoms with Gasteiger partial charge in [-0.25, -0.2) is 9.59 Å². The lowest BCUT2D eigenvalue weighted by atomic mass is 10.1. The van der Waals surface area contributed by atoms with Crippen LogP contribution in [-0.2, 0) is 22.3 Å². The minimum atomic E-state index is -0.526. The number of rotatable bonds is 8. The molecule has 4 nitrogen and oxygen atoms in total. The summed E-state index contributed by atoms with van der Waals surface area (Å²) in [6, 6.07) is 26.3. The van der Waals surface area contributed by atoms with Crippen molar-refractivity contribution in [2.45, 2.75) is 38.9 Å². The molecule has 30 heavy (non-hydrogen) atoms. The fraction of sp³-hybridized carbons (Fsp3) is 0.231. The van der Waals surface area contributed by atoms with Crippen LogP contribution in [0.2, 0.25) is 0 Å². The van der Waals surface area contributed by atoms with Crippen LogP contribution in [0.3, 0.4) is 0 Å². The largest absolute Gasteiger partial charge is 0.459 e. The number of hydrogen-bond acceptors (Lipinski definition) is 4. The average molecular weight is 402 g/mol.